The molecule has 0 bridgehead atoms. The summed E-state index contributed by atoms with van der Waals surface area (Å²) in [6, 6.07) is 21.8. The van der Waals surface area contributed by atoms with E-state index in [9.17, 15) is 4.39 Å². The van der Waals surface area contributed by atoms with Gasteiger partial charge in [0.25, 0.3) is 0 Å². The molecule has 3 aromatic carbocycles. The minimum atomic E-state index is -0.129. The Morgan fingerprint density at radius 2 is 1.59 bits per heavy atom. The van der Waals surface area contributed by atoms with Gasteiger partial charge in [-0.25, -0.2) is 4.39 Å². The molecule has 0 N–H and O–H groups in total. The number of ether oxygens (including phenoxy) is 2. The Morgan fingerprint density at radius 3 is 2.28 bits per heavy atom. The van der Waals surface area contributed by atoms with E-state index in [4.69, 9.17) is 9.47 Å². The standard InChI is InChI=1S/C26H27FO2/c1-17-23(18-8-11-21(28-2)12-9-18)14-19-10-13-22(29-3)16-25(19)24(17)15-20-6-4-5-7-26(20)27/h4-13,16-17,23-24H,14-15H2,1-3H3. The Morgan fingerprint density at radius 1 is 0.897 bits per heavy atom. The summed E-state index contributed by atoms with van der Waals surface area (Å²) < 4.78 is 25.3. The Hall–Kier alpha value is -2.81. The molecule has 3 atom stereocenters. The summed E-state index contributed by atoms with van der Waals surface area (Å²) in [5, 5.41) is 0. The highest BCUT2D eigenvalue weighted by atomic mass is 19.1. The van der Waals surface area contributed by atoms with Crippen LogP contribution in [0, 0.1) is 11.7 Å². The summed E-state index contributed by atoms with van der Waals surface area (Å²) in [5.41, 5.74) is 4.68. The van der Waals surface area contributed by atoms with Crippen molar-refractivity contribution in [3.8, 4) is 11.5 Å². The zero-order valence-corrected chi connectivity index (χ0v) is 17.2. The molecule has 0 radical (unpaired) electrons. The van der Waals surface area contributed by atoms with Gasteiger partial charge in [-0.05, 0) is 83.2 Å². The summed E-state index contributed by atoms with van der Waals surface area (Å²) in [4.78, 5) is 0. The molecule has 0 saturated heterocycles. The lowest BCUT2D eigenvalue weighted by Crippen LogP contribution is -2.28. The van der Waals surface area contributed by atoms with Gasteiger partial charge in [0, 0.05) is 0 Å². The van der Waals surface area contributed by atoms with Crippen molar-refractivity contribution >= 4 is 0 Å². The normalized spacial score (nSPS) is 20.8. The third-order valence-electron chi connectivity index (χ3n) is 6.40. The molecule has 0 heterocycles. The lowest BCUT2D eigenvalue weighted by molar-refractivity contribution is 0.343. The first-order chi connectivity index (χ1) is 14.1. The summed E-state index contributed by atoms with van der Waals surface area (Å²) in [6.45, 7) is 2.29. The van der Waals surface area contributed by atoms with E-state index in [1.54, 1.807) is 26.4 Å². The molecule has 0 aliphatic heterocycles. The summed E-state index contributed by atoms with van der Waals surface area (Å²) in [6.07, 6.45) is 1.65. The molecule has 4 rings (SSSR count). The predicted molar refractivity (Wildman–Crippen MR) is 114 cm³/mol. The van der Waals surface area contributed by atoms with Gasteiger partial charge in [-0.3, -0.25) is 0 Å². The van der Waals surface area contributed by atoms with Crippen molar-refractivity contribution in [2.24, 2.45) is 5.92 Å². The molecule has 3 heteroatoms. The molecule has 150 valence electrons. The number of benzene rings is 3. The van der Waals surface area contributed by atoms with E-state index < -0.39 is 0 Å². The monoisotopic (exact) mass is 390 g/mol. The second-order valence-electron chi connectivity index (χ2n) is 7.91. The van der Waals surface area contributed by atoms with Gasteiger partial charge in [0.05, 0.1) is 14.2 Å². The fraction of sp³-hybridized carbons (Fsp3) is 0.308. The molecule has 3 aromatic rings. The van der Waals surface area contributed by atoms with Crippen molar-refractivity contribution in [2.75, 3.05) is 14.2 Å². The van der Waals surface area contributed by atoms with Crippen LogP contribution in [0.5, 0.6) is 11.5 Å². The minimum Gasteiger partial charge on any atom is -0.497 e. The van der Waals surface area contributed by atoms with Crippen LogP contribution in [0.15, 0.2) is 66.7 Å². The van der Waals surface area contributed by atoms with Crippen LogP contribution in [-0.2, 0) is 12.8 Å². The van der Waals surface area contributed by atoms with Crippen molar-refractivity contribution in [1.82, 2.24) is 0 Å². The van der Waals surface area contributed by atoms with Crippen LogP contribution < -0.4 is 9.47 Å². The molecule has 0 fully saturated rings. The lowest BCUT2D eigenvalue weighted by Gasteiger charge is -2.38. The maximum atomic E-state index is 14.5. The first-order valence-electron chi connectivity index (χ1n) is 10.1. The predicted octanol–water partition coefficient (Wildman–Crippen LogP) is 6.15. The SMILES string of the molecule is COc1ccc(C2Cc3ccc(OC)cc3C(Cc3ccccc3F)C2C)cc1. The van der Waals surface area contributed by atoms with Crippen LogP contribution >= 0.6 is 0 Å². The largest absolute Gasteiger partial charge is 0.497 e. The quantitative estimate of drug-likeness (QED) is 0.520. The average molecular weight is 390 g/mol. The summed E-state index contributed by atoms with van der Waals surface area (Å²) in [7, 11) is 3.38. The molecule has 3 unspecified atom stereocenters. The second kappa shape index (κ2) is 8.28. The second-order valence-corrected chi connectivity index (χ2v) is 7.91. The van der Waals surface area contributed by atoms with Crippen molar-refractivity contribution in [3.05, 3.63) is 94.8 Å². The fourth-order valence-electron chi connectivity index (χ4n) is 4.69. The average Bonchev–Trinajstić information content (AvgIpc) is 2.76. The number of methoxy groups -OCH3 is 2. The van der Waals surface area contributed by atoms with Gasteiger partial charge < -0.3 is 9.47 Å². The van der Waals surface area contributed by atoms with Crippen molar-refractivity contribution < 1.29 is 13.9 Å². The van der Waals surface area contributed by atoms with Crippen LogP contribution in [0.25, 0.3) is 0 Å². The molecule has 1 aliphatic carbocycles. The van der Waals surface area contributed by atoms with E-state index in [-0.39, 0.29) is 11.7 Å². The van der Waals surface area contributed by atoms with Gasteiger partial charge in [-0.15, -0.1) is 0 Å². The number of hydrogen-bond acceptors (Lipinski definition) is 2. The number of rotatable bonds is 5. The van der Waals surface area contributed by atoms with E-state index in [1.807, 2.05) is 30.3 Å². The van der Waals surface area contributed by atoms with Gasteiger partial charge in [0.15, 0.2) is 0 Å². The molecule has 0 spiro atoms. The highest BCUT2D eigenvalue weighted by Gasteiger charge is 2.35. The Kier molecular flexibility index (Phi) is 5.57. The zero-order valence-electron chi connectivity index (χ0n) is 17.2. The third kappa shape index (κ3) is 3.87. The maximum absolute atomic E-state index is 14.5. The summed E-state index contributed by atoms with van der Waals surface area (Å²) >= 11 is 0. The van der Waals surface area contributed by atoms with Gasteiger partial charge in [-0.1, -0.05) is 43.3 Å². The highest BCUT2D eigenvalue weighted by molar-refractivity contribution is 5.44. The molecule has 0 aromatic heterocycles. The maximum Gasteiger partial charge on any atom is 0.126 e. The molecule has 29 heavy (non-hydrogen) atoms. The van der Waals surface area contributed by atoms with Crippen LogP contribution in [0.2, 0.25) is 0 Å². The summed E-state index contributed by atoms with van der Waals surface area (Å²) in [5.74, 6) is 2.55. The van der Waals surface area contributed by atoms with Crippen molar-refractivity contribution in [3.63, 3.8) is 0 Å². The molecule has 0 amide bonds. The molecule has 1 aliphatic rings. The smallest absolute Gasteiger partial charge is 0.126 e. The van der Waals surface area contributed by atoms with Gasteiger partial charge in [-0.2, -0.15) is 0 Å². The number of halogens is 1. The lowest BCUT2D eigenvalue weighted by atomic mass is 9.66. The molecule has 2 nitrogen and oxygen atoms in total. The topological polar surface area (TPSA) is 18.5 Å². The van der Waals surface area contributed by atoms with E-state index in [2.05, 4.69) is 31.2 Å². The minimum absolute atomic E-state index is 0.129. The van der Waals surface area contributed by atoms with Crippen LogP contribution in [0.1, 0.15) is 41.0 Å². The van der Waals surface area contributed by atoms with E-state index in [1.165, 1.54) is 16.7 Å². The van der Waals surface area contributed by atoms with Crippen LogP contribution in [-0.4, -0.2) is 14.2 Å². The number of fused-ring (bicyclic) bond motifs is 1. The van der Waals surface area contributed by atoms with Gasteiger partial charge >= 0.3 is 0 Å². The molecule has 0 saturated carbocycles. The zero-order chi connectivity index (χ0) is 20.4. The molecular formula is C26H27FO2. The van der Waals surface area contributed by atoms with Gasteiger partial charge in [0.1, 0.15) is 17.3 Å². The van der Waals surface area contributed by atoms with Crippen LogP contribution in [0.3, 0.4) is 0 Å². The van der Waals surface area contributed by atoms with Crippen LogP contribution in [0.4, 0.5) is 4.39 Å². The Labute approximate surface area is 172 Å². The first-order valence-corrected chi connectivity index (χ1v) is 10.1. The first kappa shape index (κ1) is 19.5. The van der Waals surface area contributed by atoms with E-state index in [0.717, 1.165) is 23.5 Å². The van der Waals surface area contributed by atoms with Crippen molar-refractivity contribution in [2.45, 2.75) is 31.6 Å². The Balaban J connectivity index is 1.75. The fourth-order valence-corrected chi connectivity index (χ4v) is 4.69. The van der Waals surface area contributed by atoms with Gasteiger partial charge in [0.2, 0.25) is 0 Å². The van der Waals surface area contributed by atoms with Crippen molar-refractivity contribution in [1.29, 1.82) is 0 Å². The third-order valence-corrected chi connectivity index (χ3v) is 6.40. The van der Waals surface area contributed by atoms with E-state index in [0.29, 0.717) is 18.3 Å². The van der Waals surface area contributed by atoms with E-state index >= 15 is 0 Å². The Bertz CT molecular complexity index is 980. The highest BCUT2D eigenvalue weighted by Crippen LogP contribution is 2.47. The number of hydrogen-bond donors (Lipinski definition) is 0. The molecular weight excluding hydrogens is 363 g/mol.